The number of hydrogen-bond acceptors (Lipinski definition) is 3. The van der Waals surface area contributed by atoms with Crippen LogP contribution in [0.5, 0.6) is 0 Å². The summed E-state index contributed by atoms with van der Waals surface area (Å²) < 4.78 is 2.15. The summed E-state index contributed by atoms with van der Waals surface area (Å²) in [6.07, 6.45) is 5.50. The minimum atomic E-state index is 0.421. The molecule has 2 aliphatic rings. The molecule has 3 rings (SSSR count). The van der Waals surface area contributed by atoms with Gasteiger partial charge in [-0.05, 0) is 32.8 Å². The standard InChI is InChI=1S/C15H26N4/c1-3-19-14(10-13(2)17-19)11-18-9-8-16-15(12-18)6-4-5-7-15/h10,16H,3-9,11-12H2,1-2H3. The molecule has 2 heterocycles. The van der Waals surface area contributed by atoms with E-state index in [9.17, 15) is 0 Å². The fraction of sp³-hybridized carbons (Fsp3) is 0.800. The molecule has 0 bridgehead atoms. The van der Waals surface area contributed by atoms with Gasteiger partial charge >= 0.3 is 0 Å². The van der Waals surface area contributed by atoms with Gasteiger partial charge in [0.25, 0.3) is 0 Å². The van der Waals surface area contributed by atoms with Crippen LogP contribution in [-0.2, 0) is 13.1 Å². The summed E-state index contributed by atoms with van der Waals surface area (Å²) in [6, 6.07) is 2.24. The highest BCUT2D eigenvalue weighted by atomic mass is 15.3. The first-order valence-corrected chi connectivity index (χ1v) is 7.71. The lowest BCUT2D eigenvalue weighted by molar-refractivity contribution is 0.126. The number of hydrogen-bond donors (Lipinski definition) is 1. The zero-order valence-electron chi connectivity index (χ0n) is 12.3. The summed E-state index contributed by atoms with van der Waals surface area (Å²) in [7, 11) is 0. The van der Waals surface area contributed by atoms with Crippen molar-refractivity contribution in [2.75, 3.05) is 19.6 Å². The van der Waals surface area contributed by atoms with E-state index in [4.69, 9.17) is 0 Å². The molecule has 1 aliphatic carbocycles. The summed E-state index contributed by atoms with van der Waals surface area (Å²) in [6.45, 7) is 9.80. The van der Waals surface area contributed by atoms with Gasteiger partial charge in [0.05, 0.1) is 11.4 Å². The van der Waals surface area contributed by atoms with Crippen LogP contribution in [0.3, 0.4) is 0 Å². The predicted octanol–water partition coefficient (Wildman–Crippen LogP) is 1.93. The molecule has 0 atom stereocenters. The molecule has 1 spiro atoms. The second-order valence-electron chi connectivity index (χ2n) is 6.22. The number of nitrogens with zero attached hydrogens (tertiary/aromatic N) is 3. The molecule has 1 N–H and O–H groups in total. The molecule has 1 aliphatic heterocycles. The van der Waals surface area contributed by atoms with Gasteiger partial charge in [-0.2, -0.15) is 5.10 Å². The van der Waals surface area contributed by atoms with E-state index in [0.29, 0.717) is 5.54 Å². The van der Waals surface area contributed by atoms with Crippen LogP contribution in [0, 0.1) is 6.92 Å². The van der Waals surface area contributed by atoms with Gasteiger partial charge in [0, 0.05) is 38.3 Å². The average molecular weight is 262 g/mol. The molecule has 0 aromatic carbocycles. The maximum atomic E-state index is 4.56. The topological polar surface area (TPSA) is 33.1 Å². The van der Waals surface area contributed by atoms with E-state index in [1.54, 1.807) is 0 Å². The van der Waals surface area contributed by atoms with Gasteiger partial charge in [0.15, 0.2) is 0 Å². The zero-order chi connectivity index (χ0) is 13.3. The van der Waals surface area contributed by atoms with Crippen molar-refractivity contribution in [1.29, 1.82) is 0 Å². The SMILES string of the molecule is CCn1nc(C)cc1CN1CCNC2(CCCC2)C1. The lowest BCUT2D eigenvalue weighted by Gasteiger charge is -2.41. The van der Waals surface area contributed by atoms with E-state index in [0.717, 1.165) is 31.9 Å². The van der Waals surface area contributed by atoms with E-state index in [-0.39, 0.29) is 0 Å². The Morgan fingerprint density at radius 2 is 2.16 bits per heavy atom. The number of rotatable bonds is 3. The quantitative estimate of drug-likeness (QED) is 0.903. The Kier molecular flexibility index (Phi) is 3.63. The van der Waals surface area contributed by atoms with Crippen LogP contribution in [0.1, 0.15) is 44.0 Å². The molecule has 1 saturated carbocycles. The van der Waals surface area contributed by atoms with E-state index in [1.165, 1.54) is 37.9 Å². The van der Waals surface area contributed by atoms with E-state index < -0.39 is 0 Å². The number of nitrogens with one attached hydrogen (secondary N) is 1. The normalized spacial score (nSPS) is 23.3. The van der Waals surface area contributed by atoms with Crippen molar-refractivity contribution in [3.05, 3.63) is 17.5 Å². The van der Waals surface area contributed by atoms with E-state index in [2.05, 4.69) is 39.9 Å². The highest BCUT2D eigenvalue weighted by Gasteiger charge is 2.37. The van der Waals surface area contributed by atoms with Crippen LogP contribution in [-0.4, -0.2) is 39.9 Å². The van der Waals surface area contributed by atoms with Crippen LogP contribution < -0.4 is 5.32 Å². The summed E-state index contributed by atoms with van der Waals surface area (Å²) in [5.74, 6) is 0. The smallest absolute Gasteiger partial charge is 0.0597 e. The molecule has 106 valence electrons. The second-order valence-corrected chi connectivity index (χ2v) is 6.22. The maximum Gasteiger partial charge on any atom is 0.0597 e. The van der Waals surface area contributed by atoms with Gasteiger partial charge in [-0.15, -0.1) is 0 Å². The summed E-state index contributed by atoms with van der Waals surface area (Å²) >= 11 is 0. The number of aromatic nitrogens is 2. The Bertz CT molecular complexity index is 431. The zero-order valence-corrected chi connectivity index (χ0v) is 12.3. The molecular weight excluding hydrogens is 236 g/mol. The Morgan fingerprint density at radius 1 is 1.37 bits per heavy atom. The monoisotopic (exact) mass is 262 g/mol. The minimum Gasteiger partial charge on any atom is -0.309 e. The molecule has 0 radical (unpaired) electrons. The van der Waals surface area contributed by atoms with Crippen LogP contribution in [0.25, 0.3) is 0 Å². The molecule has 0 unspecified atom stereocenters. The second kappa shape index (κ2) is 5.25. The van der Waals surface area contributed by atoms with Crippen molar-refractivity contribution in [1.82, 2.24) is 20.0 Å². The van der Waals surface area contributed by atoms with Gasteiger partial charge in [-0.25, -0.2) is 0 Å². The summed E-state index contributed by atoms with van der Waals surface area (Å²) in [5.41, 5.74) is 2.93. The van der Waals surface area contributed by atoms with Crippen LogP contribution in [0.2, 0.25) is 0 Å². The van der Waals surface area contributed by atoms with Crippen molar-refractivity contribution < 1.29 is 0 Å². The molecule has 1 aromatic heterocycles. The lowest BCUT2D eigenvalue weighted by atomic mass is 9.94. The Hall–Kier alpha value is -0.870. The summed E-state index contributed by atoms with van der Waals surface area (Å²) in [4.78, 5) is 2.62. The third-order valence-electron chi connectivity index (χ3n) is 4.69. The van der Waals surface area contributed by atoms with Crippen molar-refractivity contribution in [3.63, 3.8) is 0 Å². The minimum absolute atomic E-state index is 0.421. The third-order valence-corrected chi connectivity index (χ3v) is 4.69. The van der Waals surface area contributed by atoms with Crippen LogP contribution in [0.15, 0.2) is 6.07 Å². The van der Waals surface area contributed by atoms with Crippen molar-refractivity contribution in [3.8, 4) is 0 Å². The highest BCUT2D eigenvalue weighted by Crippen LogP contribution is 2.32. The molecular formula is C15H26N4. The number of piperazine rings is 1. The first-order chi connectivity index (χ1) is 9.21. The van der Waals surface area contributed by atoms with Gasteiger partial charge in [-0.1, -0.05) is 12.8 Å². The van der Waals surface area contributed by atoms with Crippen molar-refractivity contribution >= 4 is 0 Å². The Morgan fingerprint density at radius 3 is 2.89 bits per heavy atom. The molecule has 2 fully saturated rings. The van der Waals surface area contributed by atoms with Crippen LogP contribution >= 0.6 is 0 Å². The predicted molar refractivity (Wildman–Crippen MR) is 77.1 cm³/mol. The van der Waals surface area contributed by atoms with E-state index >= 15 is 0 Å². The molecule has 4 nitrogen and oxygen atoms in total. The fourth-order valence-electron chi connectivity index (χ4n) is 3.79. The maximum absolute atomic E-state index is 4.56. The van der Waals surface area contributed by atoms with E-state index in [1.807, 2.05) is 0 Å². The van der Waals surface area contributed by atoms with Crippen molar-refractivity contribution in [2.24, 2.45) is 0 Å². The molecule has 4 heteroatoms. The third kappa shape index (κ3) is 2.70. The first kappa shape index (κ1) is 13.1. The molecule has 1 aromatic rings. The lowest BCUT2D eigenvalue weighted by Crippen LogP contribution is -2.58. The largest absolute Gasteiger partial charge is 0.309 e. The van der Waals surface area contributed by atoms with Gasteiger partial charge in [-0.3, -0.25) is 9.58 Å². The molecule has 1 saturated heterocycles. The molecule has 19 heavy (non-hydrogen) atoms. The molecule has 0 amide bonds. The average Bonchev–Trinajstić information content (AvgIpc) is 2.97. The fourth-order valence-corrected chi connectivity index (χ4v) is 3.79. The van der Waals surface area contributed by atoms with Crippen molar-refractivity contribution in [2.45, 2.75) is 58.2 Å². The Labute approximate surface area is 116 Å². The van der Waals surface area contributed by atoms with Gasteiger partial charge in [0.1, 0.15) is 0 Å². The van der Waals surface area contributed by atoms with Gasteiger partial charge in [0.2, 0.25) is 0 Å². The first-order valence-electron chi connectivity index (χ1n) is 7.71. The highest BCUT2D eigenvalue weighted by molar-refractivity contribution is 5.10. The van der Waals surface area contributed by atoms with Crippen LogP contribution in [0.4, 0.5) is 0 Å². The summed E-state index contributed by atoms with van der Waals surface area (Å²) in [5, 5.41) is 8.34. The number of aryl methyl sites for hydroxylation is 2. The Balaban J connectivity index is 1.69. The van der Waals surface area contributed by atoms with Gasteiger partial charge < -0.3 is 5.32 Å².